The topological polar surface area (TPSA) is 20.2 Å². The summed E-state index contributed by atoms with van der Waals surface area (Å²) in [7, 11) is -1.33. The Bertz CT molecular complexity index is 296. The molecule has 0 spiro atoms. The van der Waals surface area contributed by atoms with E-state index < -0.39 is 13.7 Å². The third-order valence-electron chi connectivity index (χ3n) is 3.72. The normalized spacial score (nSPS) is 17.8. The molecule has 0 aromatic heterocycles. The molecule has 2 saturated carbocycles. The fraction of sp³-hybridized carbons (Fsp3) is 0.455. The Labute approximate surface area is 179 Å². The summed E-state index contributed by atoms with van der Waals surface area (Å²) in [6.07, 6.45) is 22.5. The van der Waals surface area contributed by atoms with E-state index in [9.17, 15) is 5.11 Å². The van der Waals surface area contributed by atoms with E-state index in [1.165, 1.54) is 0 Å². The Balaban J connectivity index is 0. The van der Waals surface area contributed by atoms with Crippen molar-refractivity contribution in [2.75, 3.05) is 0 Å². The first kappa shape index (κ1) is 28.0. The van der Waals surface area contributed by atoms with Gasteiger partial charge < -0.3 is 10.8 Å². The number of hydrogen-bond acceptors (Lipinski definition) is 1. The molecule has 0 heterocycles. The summed E-state index contributed by atoms with van der Waals surface area (Å²) >= 11 is 0. The van der Waals surface area contributed by atoms with Gasteiger partial charge >= 0.3 is 0 Å². The van der Waals surface area contributed by atoms with Crippen molar-refractivity contribution < 1.29 is 31.3 Å². The summed E-state index contributed by atoms with van der Waals surface area (Å²) in [5, 5.41) is 10.4. The van der Waals surface area contributed by atoms with Crippen molar-refractivity contribution in [1.29, 1.82) is 0 Å². The molecular weight excluding hydrogens is 400 g/mol. The Kier molecular flexibility index (Phi) is 17.7. The molecule has 0 bridgehead atoms. The minimum Gasteiger partial charge on any atom is -0.495 e. The molecule has 0 unspecified atom stereocenters. The van der Waals surface area contributed by atoms with Crippen LogP contribution < -0.4 is 0 Å². The van der Waals surface area contributed by atoms with Gasteiger partial charge in [0.05, 0.1) is 5.60 Å². The van der Waals surface area contributed by atoms with Crippen LogP contribution in [0.4, 0.5) is 0 Å². The fourth-order valence-electron chi connectivity index (χ4n) is 2.30. The maximum absolute atomic E-state index is 10.4. The first-order valence-corrected chi connectivity index (χ1v) is 12.5. The van der Waals surface area contributed by atoms with E-state index in [4.69, 9.17) is 0 Å². The van der Waals surface area contributed by atoms with Gasteiger partial charge in [-0.25, -0.2) is 5.57 Å². The zero-order valence-corrected chi connectivity index (χ0v) is 20.3. The van der Waals surface area contributed by atoms with Crippen LogP contribution in [0.25, 0.3) is 0 Å². The average molecular weight is 435 g/mol. The second-order valence-corrected chi connectivity index (χ2v) is 11.6. The molecule has 138 valence electrons. The van der Waals surface area contributed by atoms with E-state index in [2.05, 4.69) is 32.3 Å². The molecule has 25 heavy (non-hydrogen) atoms. The number of rotatable bonds is 5. The molecule has 2 aliphatic carbocycles. The van der Waals surface area contributed by atoms with Crippen molar-refractivity contribution in [3.05, 3.63) is 75.5 Å². The second kappa shape index (κ2) is 15.8. The smallest absolute Gasteiger partial charge is 0.0535 e. The molecule has 0 aromatic rings. The van der Waals surface area contributed by atoms with Crippen LogP contribution in [0.2, 0.25) is 19.6 Å². The van der Waals surface area contributed by atoms with Gasteiger partial charge in [0.2, 0.25) is 0 Å². The quantitative estimate of drug-likeness (QED) is 0.441. The summed E-state index contributed by atoms with van der Waals surface area (Å²) in [6, 6.07) is 0. The van der Waals surface area contributed by atoms with Crippen LogP contribution in [0.1, 0.15) is 40.0 Å². The third-order valence-corrected chi connectivity index (χ3v) is 4.77. The summed E-state index contributed by atoms with van der Waals surface area (Å²) in [5.41, 5.74) is 4.08. The summed E-state index contributed by atoms with van der Waals surface area (Å²) < 4.78 is 0. The molecule has 0 atom stereocenters. The molecule has 3 heteroatoms. The number of aliphatic hydroxyl groups is 1. The standard InChI is InChI=1S/C12H25OSi.2C5H5.Zr/c1-7-11(10-14(4,5)6)12(13,8-2)9-3;2*1-2-4-5-3-1;/h13H,7-9H2,1-6H3;2*1-5H;/q-1;;;. The molecule has 2 rings (SSSR count). The van der Waals surface area contributed by atoms with Crippen molar-refractivity contribution in [2.24, 2.45) is 0 Å². The van der Waals surface area contributed by atoms with E-state index in [1.54, 1.807) is 0 Å². The van der Waals surface area contributed by atoms with Crippen LogP contribution in [-0.4, -0.2) is 18.8 Å². The van der Waals surface area contributed by atoms with Gasteiger partial charge in [-0.05, 0) is 77.0 Å². The van der Waals surface area contributed by atoms with Gasteiger partial charge in [-0.1, -0.05) is 46.8 Å². The zero-order chi connectivity index (χ0) is 18.5. The minimum atomic E-state index is -1.33. The van der Waals surface area contributed by atoms with Crippen molar-refractivity contribution in [3.8, 4) is 0 Å². The summed E-state index contributed by atoms with van der Waals surface area (Å²) in [4.78, 5) is 0. The number of hydrogen-bond donors (Lipinski definition) is 1. The van der Waals surface area contributed by atoms with E-state index in [1.807, 2.05) is 78.1 Å². The van der Waals surface area contributed by atoms with E-state index in [-0.39, 0.29) is 26.2 Å². The van der Waals surface area contributed by atoms with Crippen molar-refractivity contribution in [1.82, 2.24) is 0 Å². The molecule has 0 aliphatic heterocycles. The van der Waals surface area contributed by atoms with Crippen LogP contribution >= 0.6 is 0 Å². The molecule has 1 N–H and O–H groups in total. The maximum atomic E-state index is 10.4. The third kappa shape index (κ3) is 14.5. The molecule has 1 nitrogen and oxygen atoms in total. The minimum absolute atomic E-state index is 0. The molecule has 10 radical (unpaired) electrons. The summed E-state index contributed by atoms with van der Waals surface area (Å²) in [6.45, 7) is 13.0. The molecule has 0 amide bonds. The monoisotopic (exact) mass is 433 g/mol. The van der Waals surface area contributed by atoms with Crippen molar-refractivity contribution >= 4 is 8.07 Å². The van der Waals surface area contributed by atoms with Crippen LogP contribution in [0, 0.1) is 69.9 Å². The van der Waals surface area contributed by atoms with E-state index >= 15 is 0 Å². The second-order valence-electron chi connectivity index (χ2n) is 6.87. The maximum Gasteiger partial charge on any atom is 0.0535 e. The van der Waals surface area contributed by atoms with E-state index in [0.29, 0.717) is 0 Å². The van der Waals surface area contributed by atoms with Crippen LogP contribution in [0.3, 0.4) is 0 Å². The Morgan fingerprint density at radius 1 is 0.760 bits per heavy atom. The SMILES string of the molecule is CCC(=[C-][Si](C)(C)C)C(O)(CC)CC.[CH]1[CH][CH][CH][CH]1.[CH]1[CH][CH][CH][CH]1.[Zr]. The predicted octanol–water partition coefficient (Wildman–Crippen LogP) is 5.59. The van der Waals surface area contributed by atoms with Crippen LogP contribution in [0.15, 0.2) is 5.57 Å². The Morgan fingerprint density at radius 2 is 1.04 bits per heavy atom. The first-order valence-electron chi connectivity index (χ1n) is 8.99. The molecule has 2 aliphatic rings. The molecule has 0 saturated heterocycles. The van der Waals surface area contributed by atoms with Gasteiger partial charge in [0, 0.05) is 26.2 Å². The van der Waals surface area contributed by atoms with Gasteiger partial charge in [0.15, 0.2) is 0 Å². The van der Waals surface area contributed by atoms with Gasteiger partial charge in [0.25, 0.3) is 0 Å². The molecule has 0 aromatic carbocycles. The first-order chi connectivity index (χ1) is 11.3. The van der Waals surface area contributed by atoms with E-state index in [0.717, 1.165) is 24.8 Å². The predicted molar refractivity (Wildman–Crippen MR) is 109 cm³/mol. The van der Waals surface area contributed by atoms with Gasteiger partial charge in [0.1, 0.15) is 0 Å². The zero-order valence-electron chi connectivity index (χ0n) is 16.8. The van der Waals surface area contributed by atoms with Crippen molar-refractivity contribution in [2.45, 2.75) is 65.3 Å². The van der Waals surface area contributed by atoms with Crippen LogP contribution in [-0.2, 0) is 26.2 Å². The summed E-state index contributed by atoms with van der Waals surface area (Å²) in [5.74, 6) is 0. The average Bonchev–Trinajstić information content (AvgIpc) is 3.28. The van der Waals surface area contributed by atoms with Crippen molar-refractivity contribution in [3.63, 3.8) is 0 Å². The fourth-order valence-corrected chi connectivity index (χ4v) is 3.62. The Hall–Kier alpha value is 0.800. The van der Waals surface area contributed by atoms with Crippen LogP contribution in [0.5, 0.6) is 0 Å². The molecular formula is C22H35OSiZr-. The van der Waals surface area contributed by atoms with Gasteiger partial charge in [-0.2, -0.15) is 0 Å². The molecule has 2 fully saturated rings. The largest absolute Gasteiger partial charge is 0.495 e. The Morgan fingerprint density at radius 3 is 1.20 bits per heavy atom. The van der Waals surface area contributed by atoms with Gasteiger partial charge in [-0.15, -0.1) is 8.07 Å². The van der Waals surface area contributed by atoms with Gasteiger partial charge in [-0.3, -0.25) is 0 Å².